The molecule has 0 saturated heterocycles. The van der Waals surface area contributed by atoms with E-state index in [1.165, 1.54) is 57.1 Å². The van der Waals surface area contributed by atoms with Gasteiger partial charge < -0.3 is 11.1 Å². The number of nitrogens with one attached hydrogen (secondary N) is 1. The van der Waals surface area contributed by atoms with Crippen LogP contribution in [0, 0.1) is 29.6 Å². The lowest BCUT2D eigenvalue weighted by Gasteiger charge is -2.36. The first-order chi connectivity index (χ1) is 13.0. The summed E-state index contributed by atoms with van der Waals surface area (Å²) in [5.74, 6) is 3.91. The molecule has 156 valence electrons. The first-order valence-electron chi connectivity index (χ1n) is 11.7. The van der Waals surface area contributed by atoms with Gasteiger partial charge in [0.1, 0.15) is 0 Å². The fourth-order valence-corrected chi connectivity index (χ4v) is 5.40. The van der Waals surface area contributed by atoms with E-state index in [0.29, 0.717) is 12.0 Å². The zero-order chi connectivity index (χ0) is 19.8. The summed E-state index contributed by atoms with van der Waals surface area (Å²) in [6.45, 7) is 14.4. The molecule has 2 unspecified atom stereocenters. The summed E-state index contributed by atoms with van der Waals surface area (Å²) in [6, 6.07) is 0.565. The van der Waals surface area contributed by atoms with Crippen LogP contribution >= 0.6 is 0 Å². The van der Waals surface area contributed by atoms with Gasteiger partial charge in [-0.25, -0.2) is 0 Å². The van der Waals surface area contributed by atoms with Crippen LogP contribution in [-0.2, 0) is 0 Å². The van der Waals surface area contributed by atoms with Crippen molar-refractivity contribution in [3.8, 4) is 0 Å². The van der Waals surface area contributed by atoms with Gasteiger partial charge in [-0.3, -0.25) is 0 Å². The van der Waals surface area contributed by atoms with Gasteiger partial charge in [-0.2, -0.15) is 0 Å². The predicted molar refractivity (Wildman–Crippen MR) is 120 cm³/mol. The molecule has 27 heavy (non-hydrogen) atoms. The largest absolute Gasteiger partial charge is 0.385 e. The van der Waals surface area contributed by atoms with Crippen molar-refractivity contribution in [2.45, 2.75) is 97.9 Å². The Labute approximate surface area is 169 Å². The third kappa shape index (κ3) is 6.66. The Morgan fingerprint density at radius 3 is 2.11 bits per heavy atom. The van der Waals surface area contributed by atoms with Gasteiger partial charge in [0.25, 0.3) is 0 Å². The molecule has 0 aromatic heterocycles. The SMILES string of the molecule is C=CCC(CCN)/C(NC(C)C1CCC(C)CC1)=C(/C)C1CCC(C)CC1. The standard InChI is InChI=1S/C25H46N2/c1-6-7-24(16-17-26)25(20(4)22-12-8-18(2)9-13-22)27-21(5)23-14-10-19(3)11-15-23/h6,18-19,21-24,27H,1,7-17,26H2,2-5H3/b25-20+. The van der Waals surface area contributed by atoms with Gasteiger partial charge in [-0.1, -0.05) is 51.2 Å². The summed E-state index contributed by atoms with van der Waals surface area (Å²) in [7, 11) is 0. The summed E-state index contributed by atoms with van der Waals surface area (Å²) in [5.41, 5.74) is 9.14. The van der Waals surface area contributed by atoms with Crippen molar-refractivity contribution in [1.29, 1.82) is 0 Å². The Hall–Kier alpha value is -0.760. The fraction of sp³-hybridized carbons (Fsp3) is 0.840. The van der Waals surface area contributed by atoms with Gasteiger partial charge in [-0.05, 0) is 82.6 Å². The van der Waals surface area contributed by atoms with E-state index < -0.39 is 0 Å². The number of hydrogen-bond acceptors (Lipinski definition) is 2. The van der Waals surface area contributed by atoms with Gasteiger partial charge in [0.2, 0.25) is 0 Å². The molecular formula is C25H46N2. The molecule has 0 amide bonds. The number of allylic oxidation sites excluding steroid dienone is 3. The van der Waals surface area contributed by atoms with Crippen molar-refractivity contribution in [2.75, 3.05) is 6.54 Å². The van der Waals surface area contributed by atoms with E-state index in [-0.39, 0.29) is 0 Å². The summed E-state index contributed by atoms with van der Waals surface area (Å²) >= 11 is 0. The van der Waals surface area contributed by atoms with Crippen molar-refractivity contribution >= 4 is 0 Å². The van der Waals surface area contributed by atoms with Crippen LogP contribution in [-0.4, -0.2) is 12.6 Å². The normalized spacial score (nSPS) is 32.3. The van der Waals surface area contributed by atoms with Crippen molar-refractivity contribution in [2.24, 2.45) is 35.3 Å². The summed E-state index contributed by atoms with van der Waals surface area (Å²) in [4.78, 5) is 0. The van der Waals surface area contributed by atoms with Gasteiger partial charge in [0.05, 0.1) is 0 Å². The minimum Gasteiger partial charge on any atom is -0.385 e. The van der Waals surface area contributed by atoms with Crippen LogP contribution in [0.15, 0.2) is 23.9 Å². The molecule has 0 heterocycles. The second kappa shape index (κ2) is 11.3. The molecule has 0 aliphatic heterocycles. The third-order valence-electron chi connectivity index (χ3n) is 7.58. The first kappa shape index (κ1) is 22.5. The monoisotopic (exact) mass is 374 g/mol. The van der Waals surface area contributed by atoms with Gasteiger partial charge in [0, 0.05) is 17.7 Å². The molecular weight excluding hydrogens is 328 g/mol. The highest BCUT2D eigenvalue weighted by Crippen LogP contribution is 2.37. The second-order valence-corrected chi connectivity index (χ2v) is 9.81. The van der Waals surface area contributed by atoms with E-state index >= 15 is 0 Å². The van der Waals surface area contributed by atoms with E-state index in [1.807, 2.05) is 0 Å². The Balaban J connectivity index is 2.17. The van der Waals surface area contributed by atoms with E-state index in [0.717, 1.165) is 43.1 Å². The lowest BCUT2D eigenvalue weighted by molar-refractivity contribution is 0.240. The van der Waals surface area contributed by atoms with Gasteiger partial charge in [0.15, 0.2) is 0 Å². The summed E-state index contributed by atoms with van der Waals surface area (Å²) in [5, 5.41) is 4.06. The maximum Gasteiger partial charge on any atom is 0.0258 e. The van der Waals surface area contributed by atoms with Crippen LogP contribution in [0.2, 0.25) is 0 Å². The molecule has 2 atom stereocenters. The maximum absolute atomic E-state index is 6.00. The predicted octanol–water partition coefficient (Wildman–Crippen LogP) is 6.43. The molecule has 2 aliphatic carbocycles. The Morgan fingerprint density at radius 1 is 1.04 bits per heavy atom. The van der Waals surface area contributed by atoms with Crippen LogP contribution < -0.4 is 11.1 Å². The van der Waals surface area contributed by atoms with Crippen LogP contribution in [0.4, 0.5) is 0 Å². The average molecular weight is 375 g/mol. The van der Waals surface area contributed by atoms with E-state index in [9.17, 15) is 0 Å². The fourth-order valence-electron chi connectivity index (χ4n) is 5.40. The lowest BCUT2D eigenvalue weighted by atomic mass is 9.76. The second-order valence-electron chi connectivity index (χ2n) is 9.81. The van der Waals surface area contributed by atoms with Crippen molar-refractivity contribution in [1.82, 2.24) is 5.32 Å². The number of nitrogens with two attached hydrogens (primary N) is 1. The molecule has 2 aliphatic rings. The van der Waals surface area contributed by atoms with Crippen molar-refractivity contribution in [3.63, 3.8) is 0 Å². The van der Waals surface area contributed by atoms with Crippen LogP contribution in [0.3, 0.4) is 0 Å². The third-order valence-corrected chi connectivity index (χ3v) is 7.58. The number of rotatable bonds is 9. The molecule has 2 heteroatoms. The van der Waals surface area contributed by atoms with Crippen molar-refractivity contribution in [3.05, 3.63) is 23.9 Å². The average Bonchev–Trinajstić information content (AvgIpc) is 2.66. The van der Waals surface area contributed by atoms with Crippen LogP contribution in [0.5, 0.6) is 0 Å². The molecule has 2 rings (SSSR count). The zero-order valence-corrected chi connectivity index (χ0v) is 18.6. The Morgan fingerprint density at radius 2 is 1.59 bits per heavy atom. The minimum absolute atomic E-state index is 0.511. The van der Waals surface area contributed by atoms with Crippen molar-refractivity contribution < 1.29 is 0 Å². The summed E-state index contributed by atoms with van der Waals surface area (Å²) < 4.78 is 0. The molecule has 2 nitrogen and oxygen atoms in total. The molecule has 2 fully saturated rings. The first-order valence-corrected chi connectivity index (χ1v) is 11.7. The van der Waals surface area contributed by atoms with E-state index in [4.69, 9.17) is 5.73 Å². The van der Waals surface area contributed by atoms with E-state index in [2.05, 4.69) is 45.7 Å². The highest BCUT2D eigenvalue weighted by atomic mass is 14.9. The van der Waals surface area contributed by atoms with Gasteiger partial charge in [-0.15, -0.1) is 6.58 Å². The molecule has 3 N–H and O–H groups in total. The Bertz CT molecular complexity index is 465. The number of hydrogen-bond donors (Lipinski definition) is 2. The summed E-state index contributed by atoms with van der Waals surface area (Å²) in [6.07, 6.45) is 15.2. The van der Waals surface area contributed by atoms with Crippen LogP contribution in [0.1, 0.15) is 91.9 Å². The smallest absolute Gasteiger partial charge is 0.0258 e. The zero-order valence-electron chi connectivity index (χ0n) is 18.6. The lowest BCUT2D eigenvalue weighted by Crippen LogP contribution is -2.38. The molecule has 0 aromatic rings. The molecule has 0 bridgehead atoms. The minimum atomic E-state index is 0.511. The topological polar surface area (TPSA) is 38.0 Å². The molecule has 0 aromatic carbocycles. The maximum atomic E-state index is 6.00. The molecule has 0 spiro atoms. The highest BCUT2D eigenvalue weighted by molar-refractivity contribution is 5.19. The highest BCUT2D eigenvalue weighted by Gasteiger charge is 2.28. The Kier molecular flexibility index (Phi) is 9.42. The molecule has 2 saturated carbocycles. The van der Waals surface area contributed by atoms with Crippen LogP contribution in [0.25, 0.3) is 0 Å². The van der Waals surface area contributed by atoms with E-state index in [1.54, 1.807) is 5.57 Å². The quantitative estimate of drug-likeness (QED) is 0.456. The van der Waals surface area contributed by atoms with Gasteiger partial charge >= 0.3 is 0 Å². The molecule has 0 radical (unpaired) electrons.